The van der Waals surface area contributed by atoms with Gasteiger partial charge < -0.3 is 9.72 Å². The van der Waals surface area contributed by atoms with Crippen molar-refractivity contribution in [3.05, 3.63) is 95.5 Å². The van der Waals surface area contributed by atoms with Crippen molar-refractivity contribution >= 4 is 27.5 Å². The number of nitrogens with one attached hydrogen (secondary N) is 1. The minimum absolute atomic E-state index is 0.0708. The molecule has 0 unspecified atom stereocenters. The molecule has 0 amide bonds. The molecule has 0 aliphatic carbocycles. The molecule has 0 aliphatic heterocycles. The Morgan fingerprint density at radius 2 is 2.06 bits per heavy atom. The van der Waals surface area contributed by atoms with E-state index in [2.05, 4.69) is 32.5 Å². The van der Waals surface area contributed by atoms with Crippen molar-refractivity contribution in [1.29, 1.82) is 5.26 Å². The second-order valence-electron chi connectivity index (χ2n) is 7.40. The highest BCUT2D eigenvalue weighted by Gasteiger charge is 2.39. The van der Waals surface area contributed by atoms with Gasteiger partial charge >= 0.3 is 5.92 Å². The van der Waals surface area contributed by atoms with Gasteiger partial charge in [-0.15, -0.1) is 0 Å². The number of halogens is 4. The van der Waals surface area contributed by atoms with E-state index in [0.717, 1.165) is 17.8 Å². The number of rotatable bonds is 7. The lowest BCUT2D eigenvalue weighted by molar-refractivity contribution is 0.0309. The van der Waals surface area contributed by atoms with Crippen LogP contribution in [0.1, 0.15) is 36.4 Å². The van der Waals surface area contributed by atoms with Gasteiger partial charge in [-0.3, -0.25) is 14.2 Å². The second kappa shape index (κ2) is 9.91. The number of hydrogen-bond acceptors (Lipinski definition) is 5. The molecule has 7 nitrogen and oxygen atoms in total. The van der Waals surface area contributed by atoms with Crippen molar-refractivity contribution in [2.45, 2.75) is 32.7 Å². The van der Waals surface area contributed by atoms with Gasteiger partial charge in [0.2, 0.25) is 5.75 Å². The van der Waals surface area contributed by atoms with E-state index in [1.54, 1.807) is 6.07 Å². The number of ether oxygens (including phenoxy) is 1. The summed E-state index contributed by atoms with van der Waals surface area (Å²) in [4.78, 5) is 31.8. The van der Waals surface area contributed by atoms with Gasteiger partial charge in [0, 0.05) is 10.7 Å². The van der Waals surface area contributed by atoms with Crippen LogP contribution in [-0.2, 0) is 18.9 Å². The van der Waals surface area contributed by atoms with E-state index in [1.165, 1.54) is 18.2 Å². The van der Waals surface area contributed by atoms with Gasteiger partial charge in [-0.2, -0.15) is 14.0 Å². The van der Waals surface area contributed by atoms with Crippen LogP contribution < -0.4 is 15.9 Å². The average molecular weight is 552 g/mol. The summed E-state index contributed by atoms with van der Waals surface area (Å²) in [5.74, 6) is -4.48. The zero-order valence-corrected chi connectivity index (χ0v) is 20.4. The standard InChI is InChI=1S/C23H18BrClF2N4O3/c1-4-18-14(7-17(24)21(32)30-18)10-31-11-29-20(23(26,27)12(2)3)19(22(31)33)34-16-6-13(9-28)5-15(25)8-16/h5-8,11H,2,4,10H2,1,3H3,(H,30,32). The number of aromatic amines is 1. The number of nitriles is 1. The molecule has 0 aliphatic rings. The number of pyridine rings is 1. The highest BCUT2D eigenvalue weighted by molar-refractivity contribution is 9.10. The molecule has 176 valence electrons. The first-order valence-corrected chi connectivity index (χ1v) is 11.1. The van der Waals surface area contributed by atoms with E-state index in [-0.39, 0.29) is 32.9 Å². The molecule has 3 rings (SSSR count). The van der Waals surface area contributed by atoms with Crippen molar-refractivity contribution in [2.75, 3.05) is 0 Å². The van der Waals surface area contributed by atoms with Crippen molar-refractivity contribution in [3.8, 4) is 17.6 Å². The van der Waals surface area contributed by atoms with Gasteiger partial charge in [-0.05, 0) is 64.7 Å². The summed E-state index contributed by atoms with van der Waals surface area (Å²) in [6.45, 7) is 6.15. The van der Waals surface area contributed by atoms with Gasteiger partial charge in [-0.1, -0.05) is 25.1 Å². The fourth-order valence-electron chi connectivity index (χ4n) is 3.13. The maximum absolute atomic E-state index is 14.9. The second-order valence-corrected chi connectivity index (χ2v) is 8.69. The molecule has 1 aromatic carbocycles. The highest BCUT2D eigenvalue weighted by atomic mass is 79.9. The Kier molecular flexibility index (Phi) is 7.38. The number of aromatic nitrogens is 3. The van der Waals surface area contributed by atoms with Gasteiger partial charge in [0.25, 0.3) is 11.1 Å². The maximum Gasteiger partial charge on any atom is 0.314 e. The number of aryl methyl sites for hydroxylation is 1. The van der Waals surface area contributed by atoms with Crippen molar-refractivity contribution in [3.63, 3.8) is 0 Å². The molecule has 0 bridgehead atoms. The Bertz CT molecular complexity index is 1440. The molecule has 0 radical (unpaired) electrons. The lowest BCUT2D eigenvalue weighted by atomic mass is 10.1. The molecule has 0 atom stereocenters. The van der Waals surface area contributed by atoms with E-state index in [1.807, 2.05) is 13.0 Å². The van der Waals surface area contributed by atoms with E-state index in [9.17, 15) is 18.4 Å². The largest absolute Gasteiger partial charge is 0.449 e. The van der Waals surface area contributed by atoms with E-state index in [4.69, 9.17) is 21.6 Å². The molecule has 0 saturated heterocycles. The third kappa shape index (κ3) is 5.11. The molecule has 1 N–H and O–H groups in total. The van der Waals surface area contributed by atoms with Crippen LogP contribution in [0.4, 0.5) is 8.78 Å². The zero-order chi connectivity index (χ0) is 25.2. The molecule has 3 aromatic rings. The Labute approximate surface area is 206 Å². The summed E-state index contributed by atoms with van der Waals surface area (Å²) < 4.78 is 36.7. The molecular formula is C23H18BrClF2N4O3. The quantitative estimate of drug-likeness (QED) is 0.402. The minimum atomic E-state index is -3.67. The number of H-pyrrole nitrogens is 1. The normalized spacial score (nSPS) is 11.2. The number of alkyl halides is 2. The number of benzene rings is 1. The Morgan fingerprint density at radius 3 is 2.68 bits per heavy atom. The molecule has 34 heavy (non-hydrogen) atoms. The Hall–Kier alpha value is -3.29. The lowest BCUT2D eigenvalue weighted by Crippen LogP contribution is -2.29. The summed E-state index contributed by atoms with van der Waals surface area (Å²) in [6, 6.07) is 7.34. The monoisotopic (exact) mass is 550 g/mol. The Balaban J connectivity index is 2.19. The summed E-state index contributed by atoms with van der Waals surface area (Å²) in [6.07, 6.45) is 1.45. The van der Waals surface area contributed by atoms with E-state index >= 15 is 0 Å². The SMILES string of the molecule is C=C(C)C(F)(F)c1ncn(Cc2cc(Br)c(=O)[nH]c2CC)c(=O)c1Oc1cc(Cl)cc(C#N)c1. The zero-order valence-electron chi connectivity index (χ0n) is 18.1. The first-order valence-electron chi connectivity index (χ1n) is 9.90. The third-order valence-corrected chi connectivity index (χ3v) is 5.72. The average Bonchev–Trinajstić information content (AvgIpc) is 2.78. The highest BCUT2D eigenvalue weighted by Crippen LogP contribution is 2.38. The number of allylic oxidation sites excluding steroid dienone is 1. The molecule has 0 fully saturated rings. The molecule has 0 saturated carbocycles. The fraction of sp³-hybridized carbons (Fsp3) is 0.217. The van der Waals surface area contributed by atoms with Gasteiger partial charge in [-0.25, -0.2) is 4.98 Å². The molecule has 2 aromatic heterocycles. The van der Waals surface area contributed by atoms with Crippen LogP contribution in [0.2, 0.25) is 5.02 Å². The lowest BCUT2D eigenvalue weighted by Gasteiger charge is -2.20. The van der Waals surface area contributed by atoms with Crippen molar-refractivity contribution in [2.24, 2.45) is 0 Å². The van der Waals surface area contributed by atoms with Gasteiger partial charge in [0.05, 0.1) is 29.0 Å². The molecule has 0 spiro atoms. The first kappa shape index (κ1) is 25.3. The topological polar surface area (TPSA) is 101 Å². The van der Waals surface area contributed by atoms with Gasteiger partial charge in [0.1, 0.15) is 5.75 Å². The first-order chi connectivity index (χ1) is 16.0. The summed E-state index contributed by atoms with van der Waals surface area (Å²) in [5.41, 5.74) is -1.41. The van der Waals surface area contributed by atoms with Crippen LogP contribution in [0.15, 0.2) is 56.8 Å². The minimum Gasteiger partial charge on any atom is -0.449 e. The Morgan fingerprint density at radius 1 is 1.35 bits per heavy atom. The predicted octanol–water partition coefficient (Wildman–Crippen LogP) is 5.29. The summed E-state index contributed by atoms with van der Waals surface area (Å²) in [5, 5.41) is 9.28. The molecule has 11 heteroatoms. The van der Waals surface area contributed by atoms with Crippen LogP contribution in [0.25, 0.3) is 0 Å². The van der Waals surface area contributed by atoms with Gasteiger partial charge in [0.15, 0.2) is 5.69 Å². The van der Waals surface area contributed by atoms with E-state index < -0.39 is 28.5 Å². The van der Waals surface area contributed by atoms with Crippen molar-refractivity contribution in [1.82, 2.24) is 14.5 Å². The maximum atomic E-state index is 14.9. The summed E-state index contributed by atoms with van der Waals surface area (Å²) >= 11 is 9.14. The summed E-state index contributed by atoms with van der Waals surface area (Å²) in [7, 11) is 0. The van der Waals surface area contributed by atoms with Crippen LogP contribution in [0.3, 0.4) is 0 Å². The van der Waals surface area contributed by atoms with Crippen LogP contribution >= 0.6 is 27.5 Å². The van der Waals surface area contributed by atoms with Crippen molar-refractivity contribution < 1.29 is 13.5 Å². The molecular weight excluding hydrogens is 534 g/mol. The van der Waals surface area contributed by atoms with Crippen LogP contribution in [-0.4, -0.2) is 14.5 Å². The number of nitrogens with zero attached hydrogens (tertiary/aromatic N) is 3. The van der Waals surface area contributed by atoms with E-state index in [0.29, 0.717) is 17.7 Å². The molecule has 2 heterocycles. The van der Waals surface area contributed by atoms with Crippen LogP contribution in [0.5, 0.6) is 11.5 Å². The number of hydrogen-bond donors (Lipinski definition) is 1. The predicted molar refractivity (Wildman–Crippen MR) is 127 cm³/mol. The van der Waals surface area contributed by atoms with Crippen LogP contribution in [0, 0.1) is 11.3 Å². The fourth-order valence-corrected chi connectivity index (χ4v) is 3.73. The third-order valence-electron chi connectivity index (χ3n) is 4.91. The smallest absolute Gasteiger partial charge is 0.314 e.